The Kier molecular flexibility index (Phi) is 7.83. The number of ether oxygens (including phenoxy) is 1. The number of rotatable bonds is 9. The van der Waals surface area contributed by atoms with Crippen LogP contribution in [0.5, 0.6) is 5.75 Å². The molecule has 1 fully saturated rings. The van der Waals surface area contributed by atoms with E-state index in [1.807, 2.05) is 59.5 Å². The number of carbonyl (C=O) groups excluding carboxylic acids is 1. The van der Waals surface area contributed by atoms with Gasteiger partial charge in [-0.1, -0.05) is 53.8 Å². The topological polar surface area (TPSA) is 92.6 Å². The Labute approximate surface area is 232 Å². The van der Waals surface area contributed by atoms with Crippen molar-refractivity contribution in [1.82, 2.24) is 19.9 Å². The Bertz CT molecular complexity index is 1500. The Morgan fingerprint density at radius 3 is 2.56 bits per heavy atom. The number of methoxy groups -OCH3 is 1. The first kappa shape index (κ1) is 26.7. The fourth-order valence-electron chi connectivity index (χ4n) is 4.89. The number of amides is 1. The maximum absolute atomic E-state index is 13.4. The van der Waals surface area contributed by atoms with Crippen LogP contribution in [0.3, 0.4) is 0 Å². The van der Waals surface area contributed by atoms with Gasteiger partial charge in [-0.05, 0) is 49.9 Å². The second-order valence-electron chi connectivity index (χ2n) is 10.1. The van der Waals surface area contributed by atoms with E-state index in [1.165, 1.54) is 11.3 Å². The highest BCUT2D eigenvalue weighted by atomic mass is 32.1. The van der Waals surface area contributed by atoms with E-state index in [1.54, 1.807) is 18.7 Å². The minimum Gasteiger partial charge on any atom is -0.497 e. The lowest BCUT2D eigenvalue weighted by molar-refractivity contribution is -0.122. The summed E-state index contributed by atoms with van der Waals surface area (Å²) in [6.07, 6.45) is 1.63. The molecule has 1 saturated heterocycles. The molecule has 39 heavy (non-hydrogen) atoms. The highest BCUT2D eigenvalue weighted by molar-refractivity contribution is 7.21. The maximum Gasteiger partial charge on any atom is 0.282 e. The van der Waals surface area contributed by atoms with E-state index in [2.05, 4.69) is 24.1 Å². The van der Waals surface area contributed by atoms with Gasteiger partial charge in [0, 0.05) is 32.7 Å². The zero-order valence-corrected chi connectivity index (χ0v) is 23.6. The van der Waals surface area contributed by atoms with Gasteiger partial charge in [0.1, 0.15) is 11.8 Å². The minimum absolute atomic E-state index is 0.0253. The molecule has 1 aliphatic heterocycles. The van der Waals surface area contributed by atoms with Crippen LogP contribution in [-0.4, -0.2) is 46.2 Å². The van der Waals surface area contributed by atoms with E-state index in [4.69, 9.17) is 14.7 Å². The van der Waals surface area contributed by atoms with Gasteiger partial charge in [0.2, 0.25) is 11.9 Å². The Hall–Kier alpha value is -3.92. The van der Waals surface area contributed by atoms with Gasteiger partial charge in [0.15, 0.2) is 15.5 Å². The molecule has 1 atom stereocenters. The second kappa shape index (κ2) is 11.4. The van der Waals surface area contributed by atoms with Crippen LogP contribution in [0.25, 0.3) is 10.3 Å². The quantitative estimate of drug-likeness (QED) is 0.338. The molecule has 0 saturated carbocycles. The van der Waals surface area contributed by atoms with Crippen molar-refractivity contribution in [3.05, 3.63) is 76.1 Å². The van der Waals surface area contributed by atoms with Gasteiger partial charge in [-0.3, -0.25) is 14.2 Å². The third-order valence-electron chi connectivity index (χ3n) is 7.11. The molecule has 0 aliphatic carbocycles. The van der Waals surface area contributed by atoms with Crippen molar-refractivity contribution in [3.8, 4) is 5.75 Å². The van der Waals surface area contributed by atoms with Gasteiger partial charge >= 0.3 is 0 Å². The van der Waals surface area contributed by atoms with Crippen molar-refractivity contribution in [2.45, 2.75) is 51.9 Å². The lowest BCUT2D eigenvalue weighted by atomic mass is 10.2. The summed E-state index contributed by atoms with van der Waals surface area (Å²) in [6.45, 7) is 5.96. The van der Waals surface area contributed by atoms with E-state index < -0.39 is 0 Å². The number of fused-ring (bicyclic) bond motifs is 1. The van der Waals surface area contributed by atoms with Crippen LogP contribution in [0.2, 0.25) is 0 Å². The third-order valence-corrected chi connectivity index (χ3v) is 8.10. The van der Waals surface area contributed by atoms with Crippen LogP contribution in [0.15, 0.2) is 59.4 Å². The van der Waals surface area contributed by atoms with Crippen molar-refractivity contribution in [2.75, 3.05) is 23.5 Å². The van der Waals surface area contributed by atoms with Crippen molar-refractivity contribution >= 4 is 38.7 Å². The molecule has 0 radical (unpaired) electrons. The normalized spacial score (nSPS) is 15.2. The molecule has 1 N–H and O–H groups in total. The highest BCUT2D eigenvalue weighted by Crippen LogP contribution is 2.33. The number of thiazole rings is 1. The number of hydrogen-bond donors (Lipinski definition) is 1. The highest BCUT2D eigenvalue weighted by Gasteiger charge is 2.33. The summed E-state index contributed by atoms with van der Waals surface area (Å²) in [4.78, 5) is 40.9. The fourth-order valence-corrected chi connectivity index (χ4v) is 5.90. The molecule has 5 rings (SSSR count). The minimum atomic E-state index is -0.320. The Morgan fingerprint density at radius 2 is 1.87 bits per heavy atom. The van der Waals surface area contributed by atoms with Crippen LogP contribution in [0.4, 0.5) is 11.1 Å². The smallest absolute Gasteiger partial charge is 0.282 e. The predicted octanol–water partition coefficient (Wildman–Crippen LogP) is 4.10. The molecule has 10 heteroatoms. The second-order valence-corrected chi connectivity index (χ2v) is 11.0. The first-order chi connectivity index (χ1) is 18.9. The number of hydrogen-bond acceptors (Lipinski definition) is 8. The zero-order chi connectivity index (χ0) is 27.5. The number of nitrogens with zero attached hydrogens (tertiary/aromatic N) is 5. The number of benzene rings is 2. The number of aromatic nitrogens is 3. The lowest BCUT2D eigenvalue weighted by Gasteiger charge is -2.29. The SMILES string of the molecule is COc1ccc(CN(c2nc3sc(N4CCC[C@@H]4C(=O)NCc4ccccc4)nc3c(=O)n2C)C(C)C)cc1. The third kappa shape index (κ3) is 5.61. The van der Waals surface area contributed by atoms with Gasteiger partial charge < -0.3 is 19.9 Å². The zero-order valence-electron chi connectivity index (χ0n) is 22.8. The number of anilines is 2. The van der Waals surface area contributed by atoms with Gasteiger partial charge in [0.05, 0.1) is 7.11 Å². The Morgan fingerprint density at radius 1 is 1.13 bits per heavy atom. The van der Waals surface area contributed by atoms with Crippen molar-refractivity contribution in [1.29, 1.82) is 0 Å². The standard InChI is InChI=1S/C29H34N6O3S/c1-19(2)35(18-21-12-14-22(38-4)15-13-21)28-32-26-24(27(37)33(28)3)31-29(39-26)34-16-8-11-23(34)25(36)30-17-20-9-6-5-7-10-20/h5-7,9-10,12-15,19,23H,8,11,16-18H2,1-4H3,(H,30,36)/t23-/m1/s1. The lowest BCUT2D eigenvalue weighted by Crippen LogP contribution is -2.43. The summed E-state index contributed by atoms with van der Waals surface area (Å²) in [6, 6.07) is 17.6. The van der Waals surface area contributed by atoms with Gasteiger partial charge in [-0.2, -0.15) is 0 Å². The van der Waals surface area contributed by atoms with Crippen LogP contribution in [0, 0.1) is 0 Å². The molecule has 204 valence electrons. The first-order valence-corrected chi connectivity index (χ1v) is 14.0. The van der Waals surface area contributed by atoms with Crippen molar-refractivity contribution in [2.24, 2.45) is 7.05 Å². The molecule has 1 amide bonds. The van der Waals surface area contributed by atoms with E-state index in [-0.39, 0.29) is 23.6 Å². The van der Waals surface area contributed by atoms with E-state index >= 15 is 0 Å². The van der Waals surface area contributed by atoms with Crippen LogP contribution in [-0.2, 0) is 24.9 Å². The average Bonchev–Trinajstić information content (AvgIpc) is 3.61. The molecule has 1 aliphatic rings. The van der Waals surface area contributed by atoms with Crippen LogP contribution >= 0.6 is 11.3 Å². The molecular weight excluding hydrogens is 512 g/mol. The Balaban J connectivity index is 1.41. The molecule has 9 nitrogen and oxygen atoms in total. The van der Waals surface area contributed by atoms with E-state index in [0.29, 0.717) is 41.1 Å². The summed E-state index contributed by atoms with van der Waals surface area (Å²) in [7, 11) is 3.39. The first-order valence-electron chi connectivity index (χ1n) is 13.2. The molecular formula is C29H34N6O3S. The van der Waals surface area contributed by atoms with Crippen molar-refractivity contribution < 1.29 is 9.53 Å². The molecule has 0 bridgehead atoms. The van der Waals surface area contributed by atoms with Gasteiger partial charge in [-0.15, -0.1) is 0 Å². The summed E-state index contributed by atoms with van der Waals surface area (Å²) >= 11 is 1.37. The van der Waals surface area contributed by atoms with Gasteiger partial charge in [0.25, 0.3) is 5.56 Å². The molecule has 0 unspecified atom stereocenters. The van der Waals surface area contributed by atoms with Gasteiger partial charge in [-0.25, -0.2) is 9.97 Å². The number of nitrogens with one attached hydrogen (secondary N) is 1. The summed E-state index contributed by atoms with van der Waals surface area (Å²) in [5.41, 5.74) is 2.29. The fraction of sp³-hybridized carbons (Fsp3) is 0.379. The van der Waals surface area contributed by atoms with E-state index in [9.17, 15) is 9.59 Å². The molecule has 2 aromatic carbocycles. The van der Waals surface area contributed by atoms with Crippen LogP contribution in [0.1, 0.15) is 37.8 Å². The largest absolute Gasteiger partial charge is 0.497 e. The molecule has 0 spiro atoms. The summed E-state index contributed by atoms with van der Waals surface area (Å²) < 4.78 is 6.86. The summed E-state index contributed by atoms with van der Waals surface area (Å²) in [5.74, 6) is 1.36. The average molecular weight is 547 g/mol. The van der Waals surface area contributed by atoms with E-state index in [0.717, 1.165) is 29.7 Å². The van der Waals surface area contributed by atoms with Crippen LogP contribution < -0.4 is 25.4 Å². The predicted molar refractivity (Wildman–Crippen MR) is 156 cm³/mol. The molecule has 4 aromatic rings. The number of carbonyl (C=O) groups is 1. The monoisotopic (exact) mass is 546 g/mol. The van der Waals surface area contributed by atoms with Crippen molar-refractivity contribution in [3.63, 3.8) is 0 Å². The summed E-state index contributed by atoms with van der Waals surface area (Å²) in [5, 5.41) is 3.72. The maximum atomic E-state index is 13.4. The molecule has 3 heterocycles. The molecule has 2 aromatic heterocycles.